The molecular weight excluding hydrogens is 272 g/mol. The van der Waals surface area contributed by atoms with Crippen LogP contribution in [-0.2, 0) is 4.79 Å². The van der Waals surface area contributed by atoms with E-state index < -0.39 is 0 Å². The van der Waals surface area contributed by atoms with Gasteiger partial charge in [0.05, 0.1) is 0 Å². The highest BCUT2D eigenvalue weighted by Gasteiger charge is 2.31. The van der Waals surface area contributed by atoms with Gasteiger partial charge in [-0.25, -0.2) is 0 Å². The van der Waals surface area contributed by atoms with Crippen molar-refractivity contribution in [2.75, 3.05) is 6.54 Å². The van der Waals surface area contributed by atoms with Crippen molar-refractivity contribution in [1.82, 2.24) is 5.32 Å². The number of amides is 1. The average Bonchev–Trinajstić information content (AvgIpc) is 3.03. The fraction of sp³-hybridized carbons (Fsp3) is 0.632. The van der Waals surface area contributed by atoms with Gasteiger partial charge in [-0.1, -0.05) is 36.8 Å². The molecule has 3 heteroatoms. The van der Waals surface area contributed by atoms with Crippen molar-refractivity contribution in [2.45, 2.75) is 56.9 Å². The second-order valence-corrected chi connectivity index (χ2v) is 7.00. The summed E-state index contributed by atoms with van der Waals surface area (Å²) in [6.45, 7) is 0.700. The maximum Gasteiger partial charge on any atom is 0.223 e. The van der Waals surface area contributed by atoms with Gasteiger partial charge >= 0.3 is 0 Å². The fourth-order valence-corrected chi connectivity index (χ4v) is 4.22. The molecule has 2 unspecified atom stereocenters. The van der Waals surface area contributed by atoms with Crippen molar-refractivity contribution in [2.24, 2.45) is 17.6 Å². The van der Waals surface area contributed by atoms with Gasteiger partial charge in [0, 0.05) is 12.0 Å². The van der Waals surface area contributed by atoms with Crippen LogP contribution in [0, 0.1) is 11.8 Å². The standard InChI is InChI=1S/C19H28N2O/c20-13-17-7-4-8-18(17)21-19(22)16-11-9-15(10-12-16)14-5-2-1-3-6-14/h1-3,5-6,15-18H,4,7-13,20H2,(H,21,22). The molecule has 3 rings (SSSR count). The van der Waals surface area contributed by atoms with Crippen molar-refractivity contribution >= 4 is 5.91 Å². The summed E-state index contributed by atoms with van der Waals surface area (Å²) in [5.41, 5.74) is 7.24. The summed E-state index contributed by atoms with van der Waals surface area (Å²) in [5, 5.41) is 3.29. The van der Waals surface area contributed by atoms with Crippen LogP contribution in [0.1, 0.15) is 56.4 Å². The van der Waals surface area contributed by atoms with Crippen molar-refractivity contribution in [3.63, 3.8) is 0 Å². The molecule has 2 aliphatic carbocycles. The number of hydrogen-bond acceptors (Lipinski definition) is 2. The summed E-state index contributed by atoms with van der Waals surface area (Å²) >= 11 is 0. The number of nitrogens with one attached hydrogen (secondary N) is 1. The molecule has 1 aromatic carbocycles. The van der Waals surface area contributed by atoms with E-state index in [2.05, 4.69) is 35.6 Å². The maximum absolute atomic E-state index is 12.5. The number of hydrogen-bond donors (Lipinski definition) is 2. The monoisotopic (exact) mass is 300 g/mol. The van der Waals surface area contributed by atoms with E-state index in [4.69, 9.17) is 5.73 Å². The fourth-order valence-electron chi connectivity index (χ4n) is 4.22. The third-order valence-corrected chi connectivity index (χ3v) is 5.66. The molecule has 1 amide bonds. The summed E-state index contributed by atoms with van der Waals surface area (Å²) < 4.78 is 0. The molecule has 0 heterocycles. The Morgan fingerprint density at radius 2 is 1.77 bits per heavy atom. The van der Waals surface area contributed by atoms with Crippen LogP contribution in [0.5, 0.6) is 0 Å². The van der Waals surface area contributed by atoms with Crippen LogP contribution in [0.2, 0.25) is 0 Å². The largest absolute Gasteiger partial charge is 0.353 e. The predicted octanol–water partition coefficient (Wildman–Crippen LogP) is 3.20. The van der Waals surface area contributed by atoms with E-state index >= 15 is 0 Å². The van der Waals surface area contributed by atoms with Crippen molar-refractivity contribution < 1.29 is 4.79 Å². The van der Waals surface area contributed by atoms with Gasteiger partial charge in [-0.05, 0) is 62.5 Å². The van der Waals surface area contributed by atoms with E-state index in [0.29, 0.717) is 24.4 Å². The molecule has 120 valence electrons. The van der Waals surface area contributed by atoms with E-state index in [1.807, 2.05) is 0 Å². The minimum atomic E-state index is 0.207. The molecule has 0 bridgehead atoms. The first kappa shape index (κ1) is 15.5. The molecule has 2 fully saturated rings. The highest BCUT2D eigenvalue weighted by molar-refractivity contribution is 5.79. The van der Waals surface area contributed by atoms with Crippen LogP contribution in [0.3, 0.4) is 0 Å². The second kappa shape index (κ2) is 7.28. The topological polar surface area (TPSA) is 55.1 Å². The second-order valence-electron chi connectivity index (χ2n) is 7.00. The van der Waals surface area contributed by atoms with Gasteiger partial charge < -0.3 is 11.1 Å². The van der Waals surface area contributed by atoms with Crippen LogP contribution in [-0.4, -0.2) is 18.5 Å². The highest BCUT2D eigenvalue weighted by Crippen LogP contribution is 2.36. The molecule has 3 N–H and O–H groups in total. The van der Waals surface area contributed by atoms with E-state index in [1.54, 1.807) is 0 Å². The Morgan fingerprint density at radius 1 is 1.05 bits per heavy atom. The molecule has 1 aromatic rings. The lowest BCUT2D eigenvalue weighted by molar-refractivity contribution is -0.127. The molecule has 0 spiro atoms. The Bertz CT molecular complexity index is 479. The van der Waals surface area contributed by atoms with Crippen LogP contribution >= 0.6 is 0 Å². The highest BCUT2D eigenvalue weighted by atomic mass is 16.1. The maximum atomic E-state index is 12.5. The lowest BCUT2D eigenvalue weighted by Gasteiger charge is -2.30. The van der Waals surface area contributed by atoms with Gasteiger partial charge in [0.2, 0.25) is 5.91 Å². The van der Waals surface area contributed by atoms with Gasteiger partial charge in [0.1, 0.15) is 0 Å². The third-order valence-electron chi connectivity index (χ3n) is 5.66. The normalized spacial score (nSPS) is 31.9. The molecule has 0 aliphatic heterocycles. The molecule has 2 saturated carbocycles. The van der Waals surface area contributed by atoms with E-state index in [-0.39, 0.29) is 11.8 Å². The average molecular weight is 300 g/mol. The van der Waals surface area contributed by atoms with Gasteiger partial charge in [0.15, 0.2) is 0 Å². The summed E-state index contributed by atoms with van der Waals surface area (Å²) in [5.74, 6) is 1.61. The summed E-state index contributed by atoms with van der Waals surface area (Å²) in [6.07, 6.45) is 7.78. The number of carbonyl (C=O) groups excluding carboxylic acids is 1. The van der Waals surface area contributed by atoms with Crippen LogP contribution in [0.15, 0.2) is 30.3 Å². The van der Waals surface area contributed by atoms with Crippen LogP contribution in [0.25, 0.3) is 0 Å². The zero-order valence-electron chi connectivity index (χ0n) is 13.3. The van der Waals surface area contributed by atoms with Crippen molar-refractivity contribution in [1.29, 1.82) is 0 Å². The first-order valence-corrected chi connectivity index (χ1v) is 8.83. The quantitative estimate of drug-likeness (QED) is 0.897. The summed E-state index contributed by atoms with van der Waals surface area (Å²) in [7, 11) is 0. The van der Waals surface area contributed by atoms with E-state index in [0.717, 1.165) is 32.1 Å². The summed E-state index contributed by atoms with van der Waals surface area (Å²) in [6, 6.07) is 11.1. The molecule has 2 aliphatic rings. The Balaban J connectivity index is 1.50. The minimum absolute atomic E-state index is 0.207. The van der Waals surface area contributed by atoms with Crippen LogP contribution in [0.4, 0.5) is 0 Å². The molecular formula is C19H28N2O. The first-order chi connectivity index (χ1) is 10.8. The number of nitrogens with two attached hydrogens (primary N) is 1. The van der Waals surface area contributed by atoms with E-state index in [1.165, 1.54) is 18.4 Å². The van der Waals surface area contributed by atoms with Gasteiger partial charge in [0.25, 0.3) is 0 Å². The molecule has 22 heavy (non-hydrogen) atoms. The molecule has 3 nitrogen and oxygen atoms in total. The smallest absolute Gasteiger partial charge is 0.223 e. The lowest BCUT2D eigenvalue weighted by atomic mass is 9.78. The van der Waals surface area contributed by atoms with Gasteiger partial charge in [-0.15, -0.1) is 0 Å². The number of carbonyl (C=O) groups is 1. The third kappa shape index (κ3) is 3.52. The molecule has 0 saturated heterocycles. The van der Waals surface area contributed by atoms with Gasteiger partial charge in [-0.2, -0.15) is 0 Å². The van der Waals surface area contributed by atoms with Crippen molar-refractivity contribution in [3.8, 4) is 0 Å². The predicted molar refractivity (Wildman–Crippen MR) is 89.5 cm³/mol. The van der Waals surface area contributed by atoms with Gasteiger partial charge in [-0.3, -0.25) is 4.79 Å². The first-order valence-electron chi connectivity index (χ1n) is 8.83. The number of benzene rings is 1. The van der Waals surface area contributed by atoms with E-state index in [9.17, 15) is 4.79 Å². The summed E-state index contributed by atoms with van der Waals surface area (Å²) in [4.78, 5) is 12.5. The Hall–Kier alpha value is -1.35. The zero-order chi connectivity index (χ0) is 15.4. The van der Waals surface area contributed by atoms with Crippen molar-refractivity contribution in [3.05, 3.63) is 35.9 Å². The minimum Gasteiger partial charge on any atom is -0.353 e. The zero-order valence-corrected chi connectivity index (χ0v) is 13.3. The Labute approximate surface area is 133 Å². The molecule has 0 aromatic heterocycles. The molecule has 0 radical (unpaired) electrons. The van der Waals surface area contributed by atoms with Crippen LogP contribution < -0.4 is 11.1 Å². The number of rotatable bonds is 4. The SMILES string of the molecule is NCC1CCCC1NC(=O)C1CCC(c2ccccc2)CC1. The Kier molecular flexibility index (Phi) is 5.14. The molecule has 2 atom stereocenters. The lowest BCUT2D eigenvalue weighted by Crippen LogP contribution is -2.43. The Morgan fingerprint density at radius 3 is 2.45 bits per heavy atom.